The van der Waals surface area contributed by atoms with Crippen molar-refractivity contribution in [2.45, 2.75) is 49.3 Å². The number of nitrogens with zero attached hydrogens (tertiary/aromatic N) is 1. The second-order valence-electron chi connectivity index (χ2n) is 5.53. The van der Waals surface area contributed by atoms with Gasteiger partial charge in [-0.15, -0.1) is 0 Å². The van der Waals surface area contributed by atoms with E-state index in [-0.39, 0.29) is 6.54 Å². The van der Waals surface area contributed by atoms with Crippen molar-refractivity contribution in [1.29, 1.82) is 0 Å². The topological polar surface area (TPSA) is 63.4 Å². The Morgan fingerprint density at radius 1 is 1.27 bits per heavy atom. The molecule has 1 aliphatic heterocycles. The van der Waals surface area contributed by atoms with Crippen molar-refractivity contribution >= 4 is 10.0 Å². The van der Waals surface area contributed by atoms with Gasteiger partial charge in [0.05, 0.1) is 10.5 Å². The lowest BCUT2D eigenvalue weighted by Crippen LogP contribution is -2.51. The van der Waals surface area contributed by atoms with Crippen LogP contribution < -0.4 is 5.73 Å². The fraction of sp³-hybridized carbons (Fsp3) is 0.571. The van der Waals surface area contributed by atoms with Gasteiger partial charge in [0.1, 0.15) is 0 Å². The van der Waals surface area contributed by atoms with Gasteiger partial charge in [-0.2, -0.15) is 17.5 Å². The van der Waals surface area contributed by atoms with Crippen molar-refractivity contribution < 1.29 is 21.6 Å². The first-order valence-electron chi connectivity index (χ1n) is 7.09. The Hall–Kier alpha value is -1.12. The Bertz CT molecular complexity index is 629. The van der Waals surface area contributed by atoms with E-state index in [0.29, 0.717) is 12.8 Å². The maximum Gasteiger partial charge on any atom is 0.417 e. The maximum absolute atomic E-state index is 13.1. The van der Waals surface area contributed by atoms with Crippen LogP contribution in [-0.4, -0.2) is 31.4 Å². The van der Waals surface area contributed by atoms with Gasteiger partial charge in [0.2, 0.25) is 10.0 Å². The van der Waals surface area contributed by atoms with E-state index >= 15 is 0 Å². The molecule has 2 rings (SSSR count). The third-order valence-electron chi connectivity index (χ3n) is 3.88. The largest absolute Gasteiger partial charge is 0.417 e. The number of alkyl halides is 3. The molecule has 1 saturated heterocycles. The summed E-state index contributed by atoms with van der Waals surface area (Å²) in [4.78, 5) is -0.699. The summed E-state index contributed by atoms with van der Waals surface area (Å²) in [6.45, 7) is 1.87. The maximum atomic E-state index is 13.1. The number of halogens is 3. The molecule has 4 nitrogen and oxygen atoms in total. The second kappa shape index (κ2) is 6.17. The van der Waals surface area contributed by atoms with Gasteiger partial charge >= 0.3 is 6.18 Å². The molecule has 2 atom stereocenters. The smallest absolute Gasteiger partial charge is 0.326 e. The number of hydrogen-bond donors (Lipinski definition) is 1. The van der Waals surface area contributed by atoms with Crippen LogP contribution in [-0.2, 0) is 16.2 Å². The van der Waals surface area contributed by atoms with Gasteiger partial charge in [-0.25, -0.2) is 8.42 Å². The van der Waals surface area contributed by atoms with Gasteiger partial charge in [0, 0.05) is 18.6 Å². The Morgan fingerprint density at radius 3 is 2.50 bits per heavy atom. The molecule has 1 aromatic carbocycles. The standard InChI is InChI=1S/C14H19F3N2O2S/c1-10(18)12-7-4-5-9-19(12)22(20,21)13-8-3-2-6-11(13)14(15,16)17/h2-3,6,8,10,12H,4-5,7,9,18H2,1H3/t10-,12-/m1/s1. The summed E-state index contributed by atoms with van der Waals surface area (Å²) in [5, 5.41) is 0. The van der Waals surface area contributed by atoms with E-state index in [1.807, 2.05) is 0 Å². The molecule has 0 saturated carbocycles. The highest BCUT2D eigenvalue weighted by Crippen LogP contribution is 2.36. The molecule has 0 aromatic heterocycles. The zero-order valence-electron chi connectivity index (χ0n) is 12.2. The number of nitrogens with two attached hydrogens (primary N) is 1. The number of benzene rings is 1. The van der Waals surface area contributed by atoms with Crippen LogP contribution in [0.15, 0.2) is 29.2 Å². The van der Waals surface area contributed by atoms with E-state index in [1.165, 1.54) is 12.1 Å². The zero-order chi connectivity index (χ0) is 16.5. The lowest BCUT2D eigenvalue weighted by Gasteiger charge is -2.37. The summed E-state index contributed by atoms with van der Waals surface area (Å²) in [6.07, 6.45) is -2.72. The molecule has 124 valence electrons. The number of piperidine rings is 1. The van der Waals surface area contributed by atoms with Crippen molar-refractivity contribution in [1.82, 2.24) is 4.31 Å². The highest BCUT2D eigenvalue weighted by Gasteiger charge is 2.41. The number of rotatable bonds is 3. The molecule has 8 heteroatoms. The van der Waals surface area contributed by atoms with Crippen molar-refractivity contribution in [3.63, 3.8) is 0 Å². The highest BCUT2D eigenvalue weighted by molar-refractivity contribution is 7.89. The fourth-order valence-corrected chi connectivity index (χ4v) is 4.79. The summed E-state index contributed by atoms with van der Waals surface area (Å²) in [7, 11) is -4.24. The van der Waals surface area contributed by atoms with Crippen molar-refractivity contribution in [3.8, 4) is 0 Å². The van der Waals surface area contributed by atoms with Gasteiger partial charge < -0.3 is 5.73 Å². The van der Waals surface area contributed by atoms with E-state index in [9.17, 15) is 21.6 Å². The molecule has 1 aromatic rings. The van der Waals surface area contributed by atoms with E-state index in [2.05, 4.69) is 0 Å². The fourth-order valence-electron chi connectivity index (χ4n) is 2.81. The third kappa shape index (κ3) is 3.28. The minimum atomic E-state index is -4.72. The van der Waals surface area contributed by atoms with E-state index in [1.54, 1.807) is 6.92 Å². The molecule has 1 aliphatic rings. The van der Waals surface area contributed by atoms with Crippen LogP contribution in [0.2, 0.25) is 0 Å². The van der Waals surface area contributed by atoms with E-state index in [4.69, 9.17) is 5.73 Å². The second-order valence-corrected chi connectivity index (χ2v) is 7.39. The normalized spacial score (nSPS) is 22.5. The lowest BCUT2D eigenvalue weighted by molar-refractivity contribution is -0.139. The number of sulfonamides is 1. The first-order chi connectivity index (χ1) is 10.2. The molecule has 0 amide bonds. The molecule has 1 fully saturated rings. The molecule has 0 bridgehead atoms. The van der Waals surface area contributed by atoms with Crippen LogP contribution in [0, 0.1) is 0 Å². The van der Waals surface area contributed by atoms with Crippen LogP contribution in [0.5, 0.6) is 0 Å². The van der Waals surface area contributed by atoms with Gasteiger partial charge in [-0.3, -0.25) is 0 Å². The van der Waals surface area contributed by atoms with Crippen LogP contribution in [0.25, 0.3) is 0 Å². The Kier molecular flexibility index (Phi) is 4.84. The first-order valence-corrected chi connectivity index (χ1v) is 8.53. The van der Waals surface area contributed by atoms with E-state index < -0.39 is 38.7 Å². The summed E-state index contributed by atoms with van der Waals surface area (Å²) in [5.74, 6) is 0. The van der Waals surface area contributed by atoms with Crippen molar-refractivity contribution in [3.05, 3.63) is 29.8 Å². The monoisotopic (exact) mass is 336 g/mol. The minimum Gasteiger partial charge on any atom is -0.326 e. The SMILES string of the molecule is C[C@@H](N)[C@H]1CCCCN1S(=O)(=O)c1ccccc1C(F)(F)F. The van der Waals surface area contributed by atoms with Gasteiger partial charge in [0.25, 0.3) is 0 Å². The quantitative estimate of drug-likeness (QED) is 0.923. The van der Waals surface area contributed by atoms with Crippen LogP contribution in [0.1, 0.15) is 31.7 Å². The van der Waals surface area contributed by atoms with Gasteiger partial charge in [-0.05, 0) is 31.9 Å². The van der Waals surface area contributed by atoms with Crippen molar-refractivity contribution in [2.75, 3.05) is 6.54 Å². The molecule has 0 aliphatic carbocycles. The Morgan fingerprint density at radius 2 is 1.91 bits per heavy atom. The average molecular weight is 336 g/mol. The van der Waals surface area contributed by atoms with Gasteiger partial charge in [0.15, 0.2) is 0 Å². The third-order valence-corrected chi connectivity index (χ3v) is 5.87. The van der Waals surface area contributed by atoms with Crippen LogP contribution >= 0.6 is 0 Å². The summed E-state index contributed by atoms with van der Waals surface area (Å²) in [5.41, 5.74) is 4.69. The van der Waals surface area contributed by atoms with Crippen LogP contribution in [0.3, 0.4) is 0 Å². The molecular weight excluding hydrogens is 317 g/mol. The molecule has 22 heavy (non-hydrogen) atoms. The highest BCUT2D eigenvalue weighted by atomic mass is 32.2. The molecular formula is C14H19F3N2O2S. The predicted octanol–water partition coefficient (Wildman–Crippen LogP) is 2.60. The molecule has 0 unspecified atom stereocenters. The zero-order valence-corrected chi connectivity index (χ0v) is 13.0. The predicted molar refractivity (Wildman–Crippen MR) is 76.6 cm³/mol. The Labute approximate surface area is 128 Å². The summed E-state index contributed by atoms with van der Waals surface area (Å²) >= 11 is 0. The summed E-state index contributed by atoms with van der Waals surface area (Å²) in [6, 6.07) is 3.37. The van der Waals surface area contributed by atoms with Crippen molar-refractivity contribution in [2.24, 2.45) is 5.73 Å². The van der Waals surface area contributed by atoms with Gasteiger partial charge in [-0.1, -0.05) is 18.6 Å². The van der Waals surface area contributed by atoms with Crippen LogP contribution in [0.4, 0.5) is 13.2 Å². The molecule has 2 N–H and O–H groups in total. The minimum absolute atomic E-state index is 0.195. The molecule has 0 radical (unpaired) electrons. The first kappa shape index (κ1) is 17.2. The Balaban J connectivity index is 2.51. The molecule has 1 heterocycles. The molecule has 0 spiro atoms. The lowest BCUT2D eigenvalue weighted by atomic mass is 10.00. The van der Waals surface area contributed by atoms with E-state index in [0.717, 1.165) is 22.9 Å². The summed E-state index contributed by atoms with van der Waals surface area (Å²) < 4.78 is 65.9. The number of hydrogen-bond acceptors (Lipinski definition) is 3. The average Bonchev–Trinajstić information content (AvgIpc) is 2.46.